The van der Waals surface area contributed by atoms with Crippen LogP contribution in [0.1, 0.15) is 31.1 Å². The van der Waals surface area contributed by atoms with Gasteiger partial charge in [0.2, 0.25) is 0 Å². The third kappa shape index (κ3) is 1.34. The van der Waals surface area contributed by atoms with Crippen molar-refractivity contribution in [3.63, 3.8) is 0 Å². The Labute approximate surface area is 72.0 Å². The summed E-state index contributed by atoms with van der Waals surface area (Å²) in [7, 11) is 1.94. The molecule has 0 spiro atoms. The lowest BCUT2D eigenvalue weighted by Crippen LogP contribution is -2.28. The molecule has 12 heavy (non-hydrogen) atoms. The second kappa shape index (κ2) is 3.23. The zero-order valence-electron chi connectivity index (χ0n) is 7.32. The van der Waals surface area contributed by atoms with Crippen LogP contribution in [0.5, 0.6) is 0 Å². The highest BCUT2D eigenvalue weighted by molar-refractivity contribution is 4.94. The Bertz CT molecular complexity index is 249. The minimum atomic E-state index is 0.422. The highest BCUT2D eigenvalue weighted by atomic mass is 15.3. The first-order chi connectivity index (χ1) is 5.88. The Morgan fingerprint density at radius 2 is 2.50 bits per heavy atom. The van der Waals surface area contributed by atoms with E-state index in [4.69, 9.17) is 0 Å². The maximum Gasteiger partial charge on any atom is 0.143 e. The van der Waals surface area contributed by atoms with E-state index in [0.29, 0.717) is 6.04 Å². The van der Waals surface area contributed by atoms with Gasteiger partial charge >= 0.3 is 0 Å². The lowest BCUT2D eigenvalue weighted by atomic mass is 10.0. The first-order valence-corrected chi connectivity index (χ1v) is 4.45. The Kier molecular flexibility index (Phi) is 2.08. The van der Waals surface area contributed by atoms with Crippen molar-refractivity contribution in [2.75, 3.05) is 6.54 Å². The third-order valence-corrected chi connectivity index (χ3v) is 2.37. The summed E-state index contributed by atoms with van der Waals surface area (Å²) in [4.78, 5) is 4.23. The van der Waals surface area contributed by atoms with Gasteiger partial charge in [-0.1, -0.05) is 6.42 Å². The summed E-state index contributed by atoms with van der Waals surface area (Å²) in [6.45, 7) is 1.11. The van der Waals surface area contributed by atoms with Crippen LogP contribution in [0, 0.1) is 0 Å². The van der Waals surface area contributed by atoms with Crippen molar-refractivity contribution < 1.29 is 0 Å². The average molecular weight is 166 g/mol. The van der Waals surface area contributed by atoms with E-state index >= 15 is 0 Å². The lowest BCUT2D eigenvalue weighted by molar-refractivity contribution is 0.386. The molecule has 0 amide bonds. The summed E-state index contributed by atoms with van der Waals surface area (Å²) in [5, 5.41) is 7.50. The molecule has 0 saturated carbocycles. The molecule has 0 aromatic carbocycles. The summed E-state index contributed by atoms with van der Waals surface area (Å²) in [5.74, 6) is 1.06. The van der Waals surface area contributed by atoms with E-state index in [1.54, 1.807) is 6.33 Å². The minimum absolute atomic E-state index is 0.422. The van der Waals surface area contributed by atoms with Gasteiger partial charge in [0.25, 0.3) is 0 Å². The van der Waals surface area contributed by atoms with Crippen molar-refractivity contribution >= 4 is 0 Å². The molecule has 2 rings (SSSR count). The normalized spacial score (nSPS) is 24.2. The fraction of sp³-hybridized carbons (Fsp3) is 0.750. The molecule has 0 radical (unpaired) electrons. The van der Waals surface area contributed by atoms with Crippen LogP contribution in [-0.2, 0) is 7.05 Å². The van der Waals surface area contributed by atoms with Gasteiger partial charge in [-0.25, -0.2) is 4.98 Å². The fourth-order valence-corrected chi connectivity index (χ4v) is 1.69. The van der Waals surface area contributed by atoms with E-state index in [9.17, 15) is 0 Å². The van der Waals surface area contributed by atoms with Crippen molar-refractivity contribution in [1.82, 2.24) is 20.1 Å². The van der Waals surface area contributed by atoms with Crippen molar-refractivity contribution in [3.05, 3.63) is 12.2 Å². The number of hydrogen-bond acceptors (Lipinski definition) is 3. The van der Waals surface area contributed by atoms with Crippen LogP contribution in [0.2, 0.25) is 0 Å². The number of nitrogens with zero attached hydrogens (tertiary/aromatic N) is 3. The maximum atomic E-state index is 4.23. The van der Waals surface area contributed by atoms with Crippen molar-refractivity contribution in [1.29, 1.82) is 0 Å². The van der Waals surface area contributed by atoms with E-state index in [-0.39, 0.29) is 0 Å². The molecule has 1 fully saturated rings. The number of rotatable bonds is 1. The molecule has 66 valence electrons. The molecule has 2 heterocycles. The number of aryl methyl sites for hydroxylation is 1. The molecule has 1 N–H and O–H groups in total. The fourth-order valence-electron chi connectivity index (χ4n) is 1.69. The van der Waals surface area contributed by atoms with E-state index in [2.05, 4.69) is 15.4 Å². The predicted octanol–water partition coefficient (Wildman–Crippen LogP) is 0.630. The van der Waals surface area contributed by atoms with Crippen LogP contribution in [-0.4, -0.2) is 21.3 Å². The molecule has 1 saturated heterocycles. The van der Waals surface area contributed by atoms with Gasteiger partial charge < -0.3 is 5.32 Å². The summed E-state index contributed by atoms with van der Waals surface area (Å²) in [6.07, 6.45) is 5.39. The van der Waals surface area contributed by atoms with Gasteiger partial charge in [0.05, 0.1) is 6.04 Å². The molecule has 1 aromatic heterocycles. The van der Waals surface area contributed by atoms with E-state index < -0.39 is 0 Å². The lowest BCUT2D eigenvalue weighted by Gasteiger charge is -2.22. The Hall–Kier alpha value is -0.900. The van der Waals surface area contributed by atoms with Gasteiger partial charge in [-0.2, -0.15) is 5.10 Å². The Morgan fingerprint density at radius 1 is 1.58 bits per heavy atom. The zero-order chi connectivity index (χ0) is 8.39. The second-order valence-electron chi connectivity index (χ2n) is 3.24. The van der Waals surface area contributed by atoms with Crippen LogP contribution in [0.3, 0.4) is 0 Å². The van der Waals surface area contributed by atoms with E-state index in [1.807, 2.05) is 11.7 Å². The summed E-state index contributed by atoms with van der Waals surface area (Å²) in [5.41, 5.74) is 0. The molecule has 1 aliphatic rings. The topological polar surface area (TPSA) is 42.7 Å². The SMILES string of the molecule is Cn1ncnc1[C@@H]1CCCCN1. The molecule has 1 aromatic rings. The number of nitrogens with one attached hydrogen (secondary N) is 1. The molecule has 4 nitrogen and oxygen atoms in total. The molecule has 0 unspecified atom stereocenters. The summed E-state index contributed by atoms with van der Waals surface area (Å²) >= 11 is 0. The van der Waals surface area contributed by atoms with Gasteiger partial charge in [0.1, 0.15) is 12.2 Å². The average Bonchev–Trinajstić information content (AvgIpc) is 2.53. The number of aromatic nitrogens is 3. The van der Waals surface area contributed by atoms with Crippen LogP contribution in [0.25, 0.3) is 0 Å². The van der Waals surface area contributed by atoms with Crippen LogP contribution in [0.15, 0.2) is 6.33 Å². The molecular formula is C8H14N4. The quantitative estimate of drug-likeness (QED) is 0.665. The maximum absolute atomic E-state index is 4.23. The van der Waals surface area contributed by atoms with Crippen LogP contribution < -0.4 is 5.32 Å². The smallest absolute Gasteiger partial charge is 0.143 e. The monoisotopic (exact) mass is 166 g/mol. The summed E-state index contributed by atoms with van der Waals surface area (Å²) in [6, 6.07) is 0.422. The van der Waals surface area contributed by atoms with Gasteiger partial charge in [-0.15, -0.1) is 0 Å². The van der Waals surface area contributed by atoms with Gasteiger partial charge in [-0.3, -0.25) is 4.68 Å². The van der Waals surface area contributed by atoms with Crippen molar-refractivity contribution in [2.45, 2.75) is 25.3 Å². The Balaban J connectivity index is 2.13. The second-order valence-corrected chi connectivity index (χ2v) is 3.24. The molecule has 0 bridgehead atoms. The van der Waals surface area contributed by atoms with Gasteiger partial charge in [-0.05, 0) is 19.4 Å². The minimum Gasteiger partial charge on any atom is -0.307 e. The largest absolute Gasteiger partial charge is 0.307 e. The summed E-state index contributed by atoms with van der Waals surface area (Å²) < 4.78 is 1.85. The first-order valence-electron chi connectivity index (χ1n) is 4.45. The highest BCUT2D eigenvalue weighted by Crippen LogP contribution is 2.19. The number of hydrogen-bond donors (Lipinski definition) is 1. The standard InChI is InChI=1S/C8H14N4/c1-12-8(10-6-11-12)7-4-2-3-5-9-7/h6-7,9H,2-5H2,1H3/t7-/m0/s1. The van der Waals surface area contributed by atoms with E-state index in [1.165, 1.54) is 19.3 Å². The van der Waals surface area contributed by atoms with Crippen molar-refractivity contribution in [2.24, 2.45) is 7.05 Å². The Morgan fingerprint density at radius 3 is 3.08 bits per heavy atom. The van der Waals surface area contributed by atoms with E-state index in [0.717, 1.165) is 12.4 Å². The molecule has 1 aliphatic heterocycles. The van der Waals surface area contributed by atoms with Gasteiger partial charge in [0, 0.05) is 7.05 Å². The highest BCUT2D eigenvalue weighted by Gasteiger charge is 2.18. The van der Waals surface area contributed by atoms with Crippen LogP contribution in [0.4, 0.5) is 0 Å². The van der Waals surface area contributed by atoms with Crippen LogP contribution >= 0.6 is 0 Å². The van der Waals surface area contributed by atoms with Crippen molar-refractivity contribution in [3.8, 4) is 0 Å². The first kappa shape index (κ1) is 7.73. The zero-order valence-corrected chi connectivity index (χ0v) is 7.32. The molecular weight excluding hydrogens is 152 g/mol. The number of piperidine rings is 1. The predicted molar refractivity (Wildman–Crippen MR) is 45.6 cm³/mol. The van der Waals surface area contributed by atoms with Gasteiger partial charge in [0.15, 0.2) is 0 Å². The molecule has 0 aliphatic carbocycles. The molecule has 1 atom stereocenters. The third-order valence-electron chi connectivity index (χ3n) is 2.37. The molecule has 4 heteroatoms.